The average Bonchev–Trinajstić information content (AvgIpc) is 2.61. The van der Waals surface area contributed by atoms with Crippen molar-refractivity contribution in [2.75, 3.05) is 5.08 Å². The maximum absolute atomic E-state index is 11.6. The molecule has 0 radical (unpaired) electrons. The Hall–Kier alpha value is -1.52. The van der Waals surface area contributed by atoms with E-state index in [0.29, 0.717) is 12.8 Å². The van der Waals surface area contributed by atoms with E-state index in [-0.39, 0.29) is 22.1 Å². The van der Waals surface area contributed by atoms with E-state index in [0.717, 1.165) is 5.08 Å². The second-order valence-corrected chi connectivity index (χ2v) is 8.81. The Morgan fingerprint density at radius 1 is 0.720 bits per heavy atom. The van der Waals surface area contributed by atoms with Gasteiger partial charge < -0.3 is 0 Å². The number of hydrogen-bond acceptors (Lipinski definition) is 4. The molecule has 0 amide bonds. The second-order valence-electron chi connectivity index (χ2n) is 6.06. The third kappa shape index (κ3) is 7.09. The van der Waals surface area contributed by atoms with E-state index in [2.05, 4.69) is 24.3 Å². The SMILES string of the molecule is CC(=O)CC(SCSC(CC(C)=O)c1ccccc1)c1ccccc1. The van der Waals surface area contributed by atoms with Crippen LogP contribution in [0.5, 0.6) is 0 Å². The normalized spacial score (nSPS) is 13.2. The molecule has 2 atom stereocenters. The first kappa shape index (κ1) is 19.8. The van der Waals surface area contributed by atoms with Crippen molar-refractivity contribution >= 4 is 35.1 Å². The largest absolute Gasteiger partial charge is 0.300 e. The van der Waals surface area contributed by atoms with Gasteiger partial charge in [-0.05, 0) is 25.0 Å². The van der Waals surface area contributed by atoms with Gasteiger partial charge >= 0.3 is 0 Å². The quantitative estimate of drug-likeness (QED) is 0.490. The Bertz CT molecular complexity index is 611. The van der Waals surface area contributed by atoms with Crippen molar-refractivity contribution in [3.63, 3.8) is 0 Å². The number of Topliss-reactive ketones (excluding diaryl/α,β-unsaturated/α-hetero) is 2. The minimum Gasteiger partial charge on any atom is -0.300 e. The van der Waals surface area contributed by atoms with Crippen LogP contribution in [-0.2, 0) is 9.59 Å². The van der Waals surface area contributed by atoms with Crippen molar-refractivity contribution in [1.82, 2.24) is 0 Å². The smallest absolute Gasteiger partial charge is 0.131 e. The summed E-state index contributed by atoms with van der Waals surface area (Å²) in [7, 11) is 0. The zero-order valence-electron chi connectivity index (χ0n) is 14.7. The van der Waals surface area contributed by atoms with E-state index >= 15 is 0 Å². The lowest BCUT2D eigenvalue weighted by Gasteiger charge is -2.19. The molecule has 0 spiro atoms. The van der Waals surface area contributed by atoms with Gasteiger partial charge in [-0.15, -0.1) is 23.5 Å². The summed E-state index contributed by atoms with van der Waals surface area (Å²) < 4.78 is 0. The first-order chi connectivity index (χ1) is 12.1. The summed E-state index contributed by atoms with van der Waals surface area (Å²) in [5.41, 5.74) is 2.37. The Morgan fingerprint density at radius 3 is 1.40 bits per heavy atom. The van der Waals surface area contributed by atoms with E-state index in [1.54, 1.807) is 37.4 Å². The highest BCUT2D eigenvalue weighted by Crippen LogP contribution is 2.40. The fraction of sp³-hybridized carbons (Fsp3) is 0.333. The van der Waals surface area contributed by atoms with Crippen molar-refractivity contribution in [2.45, 2.75) is 37.2 Å². The third-order valence-corrected chi connectivity index (χ3v) is 6.60. The Morgan fingerprint density at radius 2 is 1.08 bits per heavy atom. The molecule has 2 aromatic carbocycles. The topological polar surface area (TPSA) is 34.1 Å². The van der Waals surface area contributed by atoms with Gasteiger partial charge in [0, 0.05) is 28.4 Å². The fourth-order valence-corrected chi connectivity index (χ4v) is 5.64. The molecule has 0 aliphatic heterocycles. The summed E-state index contributed by atoms with van der Waals surface area (Å²) in [6.07, 6.45) is 1.08. The van der Waals surface area contributed by atoms with Crippen LogP contribution in [0, 0.1) is 0 Å². The summed E-state index contributed by atoms with van der Waals surface area (Å²) in [4.78, 5) is 23.3. The number of hydrogen-bond donors (Lipinski definition) is 0. The number of benzene rings is 2. The molecule has 0 saturated carbocycles. The van der Waals surface area contributed by atoms with E-state index in [1.807, 2.05) is 36.4 Å². The van der Waals surface area contributed by atoms with Gasteiger partial charge in [0.25, 0.3) is 0 Å². The van der Waals surface area contributed by atoms with Gasteiger partial charge in [-0.2, -0.15) is 0 Å². The predicted molar refractivity (Wildman–Crippen MR) is 109 cm³/mol. The van der Waals surface area contributed by atoms with E-state index in [1.165, 1.54) is 11.1 Å². The molecule has 0 fully saturated rings. The van der Waals surface area contributed by atoms with E-state index in [9.17, 15) is 9.59 Å². The highest BCUT2D eigenvalue weighted by molar-refractivity contribution is 8.16. The van der Waals surface area contributed by atoms with Crippen LogP contribution in [0.3, 0.4) is 0 Å². The highest BCUT2D eigenvalue weighted by atomic mass is 32.2. The molecule has 2 nitrogen and oxygen atoms in total. The van der Waals surface area contributed by atoms with E-state index in [4.69, 9.17) is 0 Å². The maximum atomic E-state index is 11.6. The lowest BCUT2D eigenvalue weighted by Crippen LogP contribution is -2.04. The first-order valence-corrected chi connectivity index (χ1v) is 10.5. The number of rotatable bonds is 10. The minimum atomic E-state index is 0.167. The molecule has 132 valence electrons. The fourth-order valence-electron chi connectivity index (χ4n) is 2.61. The minimum absolute atomic E-state index is 0.167. The molecular formula is C21H24O2S2. The van der Waals surface area contributed by atoms with Crippen molar-refractivity contribution in [3.05, 3.63) is 71.8 Å². The zero-order valence-corrected chi connectivity index (χ0v) is 16.3. The molecule has 0 saturated heterocycles. The highest BCUT2D eigenvalue weighted by Gasteiger charge is 2.18. The summed E-state index contributed by atoms with van der Waals surface area (Å²) in [6, 6.07) is 20.4. The van der Waals surface area contributed by atoms with Gasteiger partial charge in [-0.1, -0.05) is 60.7 Å². The Balaban J connectivity index is 2.00. The zero-order chi connectivity index (χ0) is 18.1. The Labute approximate surface area is 158 Å². The van der Waals surface area contributed by atoms with Gasteiger partial charge in [0.2, 0.25) is 0 Å². The number of ketones is 2. The van der Waals surface area contributed by atoms with Crippen LogP contribution < -0.4 is 0 Å². The van der Waals surface area contributed by atoms with Crippen molar-refractivity contribution in [3.8, 4) is 0 Å². The molecular weight excluding hydrogens is 348 g/mol. The molecule has 0 bridgehead atoms. The summed E-state index contributed by atoms with van der Waals surface area (Å²) in [6.45, 7) is 3.29. The standard InChI is InChI=1S/C21H24O2S2/c1-16(22)13-20(18-9-5-3-6-10-18)24-15-25-21(14-17(2)23)19-11-7-4-8-12-19/h3-12,20-21H,13-15H2,1-2H3. The molecule has 2 unspecified atom stereocenters. The van der Waals surface area contributed by atoms with Gasteiger partial charge in [0.05, 0.1) is 0 Å². The third-order valence-electron chi connectivity index (χ3n) is 3.83. The molecule has 0 aliphatic carbocycles. The number of carbonyl (C=O) groups excluding carboxylic acids is 2. The summed E-state index contributed by atoms with van der Waals surface area (Å²) in [5, 5.41) is 1.18. The second kappa shape index (κ2) is 10.5. The molecule has 0 aliphatic rings. The molecule has 25 heavy (non-hydrogen) atoms. The van der Waals surface area contributed by atoms with Gasteiger partial charge in [0.1, 0.15) is 11.6 Å². The van der Waals surface area contributed by atoms with Crippen molar-refractivity contribution in [2.24, 2.45) is 0 Å². The van der Waals surface area contributed by atoms with Crippen molar-refractivity contribution in [1.29, 1.82) is 0 Å². The van der Waals surface area contributed by atoms with Crippen molar-refractivity contribution < 1.29 is 9.59 Å². The molecule has 4 heteroatoms. The van der Waals surface area contributed by atoms with Crippen LogP contribution in [0.1, 0.15) is 48.3 Å². The number of thioether (sulfide) groups is 2. The maximum Gasteiger partial charge on any atom is 0.131 e. The van der Waals surface area contributed by atoms with E-state index < -0.39 is 0 Å². The van der Waals surface area contributed by atoms with Crippen LogP contribution in [-0.4, -0.2) is 16.7 Å². The summed E-state index contributed by atoms with van der Waals surface area (Å²) >= 11 is 3.57. The van der Waals surface area contributed by atoms with Crippen LogP contribution in [0.25, 0.3) is 0 Å². The lowest BCUT2D eigenvalue weighted by atomic mass is 10.1. The molecule has 0 aromatic heterocycles. The average molecular weight is 373 g/mol. The van der Waals surface area contributed by atoms with Gasteiger partial charge in [-0.25, -0.2) is 0 Å². The first-order valence-electron chi connectivity index (χ1n) is 8.38. The van der Waals surface area contributed by atoms with Crippen LogP contribution >= 0.6 is 23.5 Å². The van der Waals surface area contributed by atoms with Gasteiger partial charge in [0.15, 0.2) is 0 Å². The Kier molecular flexibility index (Phi) is 8.29. The van der Waals surface area contributed by atoms with Crippen LogP contribution in [0.15, 0.2) is 60.7 Å². The summed E-state index contributed by atoms with van der Waals surface area (Å²) in [5.74, 6) is 0.407. The predicted octanol–water partition coefficient (Wildman–Crippen LogP) is 5.85. The molecule has 0 N–H and O–H groups in total. The molecule has 2 rings (SSSR count). The van der Waals surface area contributed by atoms with Crippen LogP contribution in [0.4, 0.5) is 0 Å². The van der Waals surface area contributed by atoms with Gasteiger partial charge in [-0.3, -0.25) is 9.59 Å². The lowest BCUT2D eigenvalue weighted by molar-refractivity contribution is -0.117. The molecule has 0 heterocycles. The molecule has 2 aromatic rings. The van der Waals surface area contributed by atoms with Crippen LogP contribution in [0.2, 0.25) is 0 Å². The number of carbonyl (C=O) groups is 2. The monoisotopic (exact) mass is 372 g/mol.